The smallest absolute Gasteiger partial charge is 0.324 e. The van der Waals surface area contributed by atoms with Gasteiger partial charge in [-0.25, -0.2) is 13.6 Å². The monoisotopic (exact) mass is 632 g/mol. The number of benzene rings is 2. The van der Waals surface area contributed by atoms with Crippen molar-refractivity contribution in [1.82, 2.24) is 14.7 Å². The van der Waals surface area contributed by atoms with E-state index in [1.807, 2.05) is 37.2 Å². The second-order valence-electron chi connectivity index (χ2n) is 12.0. The Morgan fingerprint density at radius 3 is 2.53 bits per heavy atom. The first-order valence-corrected chi connectivity index (χ1v) is 15.4. The van der Waals surface area contributed by atoms with Crippen LogP contribution in [0.2, 0.25) is 0 Å². The lowest BCUT2D eigenvalue weighted by molar-refractivity contribution is -0.138. The van der Waals surface area contributed by atoms with Crippen LogP contribution in [0, 0.1) is 0 Å². The number of likely N-dealkylation sites (N-methyl/N-ethyl adjacent to an activating group) is 1. The van der Waals surface area contributed by atoms with Gasteiger partial charge < -0.3 is 33.6 Å². The van der Waals surface area contributed by atoms with Crippen LogP contribution in [0.25, 0.3) is 0 Å². The Morgan fingerprint density at radius 1 is 1.04 bits per heavy atom. The van der Waals surface area contributed by atoms with E-state index in [9.17, 15) is 18.4 Å². The normalized spacial score (nSPS) is 17.6. The van der Waals surface area contributed by atoms with Gasteiger partial charge in [0.15, 0.2) is 11.5 Å². The molecule has 0 aliphatic carbocycles. The number of carbonyl (C=O) groups excluding carboxylic acids is 2. The van der Waals surface area contributed by atoms with Crippen molar-refractivity contribution in [3.63, 3.8) is 0 Å². The highest BCUT2D eigenvalue weighted by atomic mass is 19.3. The topological polar surface area (TPSA) is 84.0 Å². The largest absolute Gasteiger partial charge is 0.496 e. The number of rotatable bonds is 14. The number of amides is 3. The lowest BCUT2D eigenvalue weighted by Crippen LogP contribution is -2.49. The second kappa shape index (κ2) is 15.6. The van der Waals surface area contributed by atoms with Gasteiger partial charge in [0, 0.05) is 56.5 Å². The first-order valence-electron chi connectivity index (χ1n) is 15.4. The van der Waals surface area contributed by atoms with Crippen molar-refractivity contribution < 1.29 is 37.3 Å². The predicted octanol–water partition coefficient (Wildman–Crippen LogP) is 4.68. The molecular weight excluding hydrogens is 586 g/mol. The minimum absolute atomic E-state index is 0.00468. The van der Waals surface area contributed by atoms with Crippen molar-refractivity contribution in [3.8, 4) is 17.2 Å². The lowest BCUT2D eigenvalue weighted by Gasteiger charge is -2.36. The molecule has 2 aromatic rings. The Balaban J connectivity index is 1.40. The maximum atomic E-state index is 13.6. The van der Waals surface area contributed by atoms with Gasteiger partial charge in [0.25, 0.3) is 0 Å². The van der Waals surface area contributed by atoms with Gasteiger partial charge in [-0.05, 0) is 57.6 Å². The van der Waals surface area contributed by atoms with Gasteiger partial charge in [0.05, 0.1) is 46.5 Å². The van der Waals surface area contributed by atoms with E-state index in [-0.39, 0.29) is 43.9 Å². The van der Waals surface area contributed by atoms with E-state index in [0.717, 1.165) is 31.0 Å². The minimum atomic E-state index is -2.75. The summed E-state index contributed by atoms with van der Waals surface area (Å²) < 4.78 is 49.1. The zero-order valence-electron chi connectivity index (χ0n) is 27.0. The highest BCUT2D eigenvalue weighted by Crippen LogP contribution is 2.34. The molecule has 2 saturated heterocycles. The van der Waals surface area contributed by atoms with Crippen molar-refractivity contribution in [2.24, 2.45) is 0 Å². The van der Waals surface area contributed by atoms with Crippen LogP contribution < -0.4 is 19.1 Å². The van der Waals surface area contributed by atoms with Gasteiger partial charge in [-0.15, -0.1) is 0 Å². The maximum Gasteiger partial charge on any atom is 0.324 e. The number of urea groups is 1. The van der Waals surface area contributed by atoms with Gasteiger partial charge in [0.2, 0.25) is 11.8 Å². The van der Waals surface area contributed by atoms with E-state index in [1.165, 1.54) is 7.11 Å². The van der Waals surface area contributed by atoms with Crippen LogP contribution in [0.4, 0.5) is 19.3 Å². The van der Waals surface area contributed by atoms with Crippen LogP contribution in [-0.2, 0) is 22.5 Å². The standard InChI is InChI=1S/C33H46F2N4O6/c1-33(34,35)12-6-16-45-30-20-26(10-11-28(30)42-4)39-14-7-13-38(32(39)41)21-25-9-8-24(18-29(25)43-5)19-31(40)37-15-17-44-27(23-37)22-36(2)3/h8-11,18,20,27H,6-7,12-17,19,21-23H2,1-5H3. The summed E-state index contributed by atoms with van der Waals surface area (Å²) in [6, 6.07) is 10.8. The van der Waals surface area contributed by atoms with E-state index in [1.54, 1.807) is 35.1 Å². The molecule has 0 aromatic heterocycles. The summed E-state index contributed by atoms with van der Waals surface area (Å²) in [4.78, 5) is 34.1. The number of nitrogens with zero attached hydrogens (tertiary/aromatic N) is 4. The molecule has 248 valence electrons. The number of ether oxygens (including phenoxy) is 4. The molecule has 2 aliphatic rings. The minimum Gasteiger partial charge on any atom is -0.496 e. The molecule has 45 heavy (non-hydrogen) atoms. The van der Waals surface area contributed by atoms with Crippen LogP contribution >= 0.6 is 0 Å². The second-order valence-corrected chi connectivity index (χ2v) is 12.0. The van der Waals surface area contributed by atoms with Crippen LogP contribution in [0.15, 0.2) is 36.4 Å². The van der Waals surface area contributed by atoms with Gasteiger partial charge in [-0.3, -0.25) is 9.69 Å². The van der Waals surface area contributed by atoms with E-state index in [2.05, 4.69) is 4.90 Å². The first kappa shape index (κ1) is 34.2. The fourth-order valence-corrected chi connectivity index (χ4v) is 5.66. The number of morpholine rings is 1. The SMILES string of the molecule is COc1cc(CC(=O)N2CCOC(CN(C)C)C2)ccc1CN1CCCN(c2ccc(OC)c(OCCCC(C)(F)F)c2)C1=O. The third-order valence-corrected chi connectivity index (χ3v) is 7.92. The van der Waals surface area contributed by atoms with E-state index in [4.69, 9.17) is 18.9 Å². The van der Waals surface area contributed by atoms with Gasteiger partial charge in [0.1, 0.15) is 5.75 Å². The Kier molecular flexibility index (Phi) is 11.8. The van der Waals surface area contributed by atoms with Crippen LogP contribution in [-0.4, -0.2) is 113 Å². The molecule has 0 N–H and O–H groups in total. The van der Waals surface area contributed by atoms with Crippen LogP contribution in [0.5, 0.6) is 17.2 Å². The Labute approximate surface area is 264 Å². The molecule has 2 aliphatic heterocycles. The molecule has 2 aromatic carbocycles. The number of alkyl halides is 2. The Bertz CT molecular complexity index is 1300. The van der Waals surface area contributed by atoms with Gasteiger partial charge >= 0.3 is 6.03 Å². The summed E-state index contributed by atoms with van der Waals surface area (Å²) in [5.41, 5.74) is 2.32. The summed E-state index contributed by atoms with van der Waals surface area (Å²) in [7, 11) is 7.07. The third-order valence-electron chi connectivity index (χ3n) is 7.92. The molecule has 0 saturated carbocycles. The molecule has 4 rings (SSSR count). The number of hydrogen-bond donors (Lipinski definition) is 0. The van der Waals surface area contributed by atoms with Crippen LogP contribution in [0.1, 0.15) is 37.3 Å². The molecule has 12 heteroatoms. The molecule has 0 bridgehead atoms. The summed E-state index contributed by atoms with van der Waals surface area (Å²) in [6.45, 7) is 4.87. The molecule has 0 radical (unpaired) electrons. The van der Waals surface area contributed by atoms with E-state index in [0.29, 0.717) is 62.3 Å². The summed E-state index contributed by atoms with van der Waals surface area (Å²) >= 11 is 0. The number of halogens is 2. The molecule has 10 nitrogen and oxygen atoms in total. The van der Waals surface area contributed by atoms with E-state index < -0.39 is 5.92 Å². The third kappa shape index (κ3) is 9.67. The molecule has 1 unspecified atom stereocenters. The number of methoxy groups -OCH3 is 2. The maximum absolute atomic E-state index is 13.6. The van der Waals surface area contributed by atoms with Gasteiger partial charge in [-0.2, -0.15) is 0 Å². The zero-order valence-corrected chi connectivity index (χ0v) is 27.0. The summed E-state index contributed by atoms with van der Waals surface area (Å²) in [6.07, 6.45) is 0.912. The number of anilines is 1. The quantitative estimate of drug-likeness (QED) is 0.280. The Hall–Kier alpha value is -3.64. The summed E-state index contributed by atoms with van der Waals surface area (Å²) in [5.74, 6) is -1.22. The van der Waals surface area contributed by atoms with Gasteiger partial charge in [-0.1, -0.05) is 12.1 Å². The molecule has 3 amide bonds. The summed E-state index contributed by atoms with van der Waals surface area (Å²) in [5, 5.41) is 0. The van der Waals surface area contributed by atoms with Crippen molar-refractivity contribution >= 4 is 17.6 Å². The highest BCUT2D eigenvalue weighted by Gasteiger charge is 2.29. The molecule has 1 atom stereocenters. The highest BCUT2D eigenvalue weighted by molar-refractivity contribution is 5.93. The number of hydrogen-bond acceptors (Lipinski definition) is 7. The molecular formula is C33H46F2N4O6. The van der Waals surface area contributed by atoms with Crippen LogP contribution in [0.3, 0.4) is 0 Å². The van der Waals surface area contributed by atoms with Crippen molar-refractivity contribution in [2.75, 3.05) is 79.2 Å². The fourth-order valence-electron chi connectivity index (χ4n) is 5.66. The lowest BCUT2D eigenvalue weighted by atomic mass is 10.1. The van der Waals surface area contributed by atoms with Crippen molar-refractivity contribution in [1.29, 1.82) is 0 Å². The van der Waals surface area contributed by atoms with E-state index >= 15 is 0 Å². The molecule has 2 heterocycles. The average Bonchev–Trinajstić information content (AvgIpc) is 3.00. The predicted molar refractivity (Wildman–Crippen MR) is 168 cm³/mol. The van der Waals surface area contributed by atoms with Crippen molar-refractivity contribution in [2.45, 2.75) is 51.2 Å². The Morgan fingerprint density at radius 2 is 1.82 bits per heavy atom. The number of carbonyl (C=O) groups is 2. The average molecular weight is 633 g/mol. The zero-order chi connectivity index (χ0) is 32.6. The molecule has 0 spiro atoms. The molecule has 2 fully saturated rings. The van der Waals surface area contributed by atoms with Crippen molar-refractivity contribution in [3.05, 3.63) is 47.5 Å². The fraction of sp³-hybridized carbons (Fsp3) is 0.576. The first-order chi connectivity index (χ1) is 21.5.